The van der Waals surface area contributed by atoms with Crippen LogP contribution in [-0.2, 0) is 35.5 Å². The van der Waals surface area contributed by atoms with Gasteiger partial charge in [0.15, 0.2) is 0 Å². The number of hydrogen-bond acceptors (Lipinski definition) is 8. The van der Waals surface area contributed by atoms with Crippen molar-refractivity contribution >= 4 is 35.1 Å². The number of benzene rings is 4. The number of aliphatic carboxylic acids is 2. The van der Waals surface area contributed by atoms with Gasteiger partial charge in [0, 0.05) is 72.6 Å². The Balaban J connectivity index is 1.28. The minimum absolute atomic E-state index is 0.266. The number of β-amino-alcohol motifs (C(OH)–C–C–N with tert-alkyl or cyclic N) is 2. The first-order valence-electron chi connectivity index (χ1n) is 17.2. The number of methoxy groups -OCH3 is 2. The molecule has 2 heterocycles. The van der Waals surface area contributed by atoms with E-state index in [1.165, 1.54) is 0 Å². The van der Waals surface area contributed by atoms with E-state index in [0.29, 0.717) is 60.6 Å². The van der Waals surface area contributed by atoms with E-state index >= 15 is 0 Å². The Bertz CT molecular complexity index is 1810. The van der Waals surface area contributed by atoms with Crippen LogP contribution in [0.25, 0.3) is 33.4 Å². The lowest BCUT2D eigenvalue weighted by Gasteiger charge is -2.31. The summed E-state index contributed by atoms with van der Waals surface area (Å²) < 4.78 is 11.7. The van der Waals surface area contributed by atoms with Crippen molar-refractivity contribution in [2.45, 2.75) is 51.0 Å². The van der Waals surface area contributed by atoms with Gasteiger partial charge in [-0.05, 0) is 47.2 Å². The van der Waals surface area contributed by atoms with Gasteiger partial charge in [0.25, 0.3) is 0 Å². The van der Waals surface area contributed by atoms with Crippen LogP contribution in [-0.4, -0.2) is 94.8 Å². The fraction of sp³-hybridized carbons (Fsp3) is 0.350. The van der Waals surface area contributed by atoms with E-state index in [1.54, 1.807) is 14.2 Å². The molecule has 0 saturated carbocycles. The Morgan fingerprint density at radius 2 is 1.06 bits per heavy atom. The van der Waals surface area contributed by atoms with E-state index in [9.17, 15) is 19.8 Å². The molecular formula is C40H42Cl2N2O8. The summed E-state index contributed by atoms with van der Waals surface area (Å²) >= 11 is 14.4. The molecule has 4 aromatic rings. The van der Waals surface area contributed by atoms with E-state index in [0.717, 1.165) is 55.6 Å². The van der Waals surface area contributed by atoms with Gasteiger partial charge in [-0.2, -0.15) is 0 Å². The molecule has 0 aliphatic carbocycles. The molecule has 6 rings (SSSR count). The van der Waals surface area contributed by atoms with Crippen LogP contribution >= 0.6 is 23.2 Å². The second kappa shape index (κ2) is 16.2. The zero-order valence-electron chi connectivity index (χ0n) is 29.1. The molecule has 0 fully saturated rings. The topological polar surface area (TPSA) is 140 Å². The van der Waals surface area contributed by atoms with Gasteiger partial charge in [0.05, 0.1) is 49.3 Å². The second-order valence-corrected chi connectivity index (χ2v) is 14.2. The standard InChI is InChI=1S/C40H42Cl2N2O8/c1-51-35-15-25(13-23-9-11-43(21-33(23)35)19-27(45)17-37(47)48)29-5-3-7-31(39(29)41)32-8-4-6-30(40(32)42)26-14-24-10-12-44(20-28(46)18-38(49)50)22-34(24)36(16-26)52-2/h3-8,13-16,27-28,45-46H,9-12,17-22H2,1-2H3,(H,47,48)(H,49,50)/t27-,28-/m0/s1. The summed E-state index contributed by atoms with van der Waals surface area (Å²) in [7, 11) is 3.25. The number of carboxylic acids is 2. The summed E-state index contributed by atoms with van der Waals surface area (Å²) in [6, 6.07) is 19.9. The third-order valence-corrected chi connectivity index (χ3v) is 10.7. The number of aliphatic hydroxyl groups excluding tert-OH is 2. The van der Waals surface area contributed by atoms with E-state index in [-0.39, 0.29) is 25.9 Å². The lowest BCUT2D eigenvalue weighted by atomic mass is 9.90. The molecule has 0 amide bonds. The van der Waals surface area contributed by atoms with Crippen molar-refractivity contribution in [3.8, 4) is 44.9 Å². The fourth-order valence-corrected chi connectivity index (χ4v) is 8.09. The first-order valence-corrected chi connectivity index (χ1v) is 17.9. The highest BCUT2D eigenvalue weighted by atomic mass is 35.5. The van der Waals surface area contributed by atoms with Crippen LogP contribution in [0.3, 0.4) is 0 Å². The number of halogens is 2. The van der Waals surface area contributed by atoms with Gasteiger partial charge in [-0.3, -0.25) is 19.4 Å². The van der Waals surface area contributed by atoms with Crippen molar-refractivity contribution in [3.05, 3.63) is 93.0 Å². The maximum atomic E-state index is 11.1. The highest BCUT2D eigenvalue weighted by molar-refractivity contribution is 6.39. The Labute approximate surface area is 312 Å². The normalized spacial score (nSPS) is 15.7. The molecule has 10 nitrogen and oxygen atoms in total. The Morgan fingerprint density at radius 3 is 1.42 bits per heavy atom. The Morgan fingerprint density at radius 1 is 0.673 bits per heavy atom. The quantitative estimate of drug-likeness (QED) is 0.122. The summed E-state index contributed by atoms with van der Waals surface area (Å²) in [5.74, 6) is -0.650. The first-order chi connectivity index (χ1) is 24.9. The Kier molecular flexibility index (Phi) is 11.7. The third kappa shape index (κ3) is 8.23. The van der Waals surface area contributed by atoms with E-state index in [1.807, 2.05) is 58.3 Å². The van der Waals surface area contributed by atoms with Crippen LogP contribution in [0.1, 0.15) is 35.1 Å². The number of rotatable bonds is 13. The number of hydrogen-bond donors (Lipinski definition) is 4. The van der Waals surface area contributed by atoms with Gasteiger partial charge < -0.3 is 29.9 Å². The number of aliphatic hydroxyl groups is 2. The number of fused-ring (bicyclic) bond motifs is 2. The number of carbonyl (C=O) groups is 2. The van der Waals surface area contributed by atoms with Gasteiger partial charge in [0.1, 0.15) is 11.5 Å². The average Bonchev–Trinajstić information content (AvgIpc) is 3.10. The number of nitrogens with zero attached hydrogens (tertiary/aromatic N) is 2. The molecule has 4 aromatic carbocycles. The van der Waals surface area contributed by atoms with Crippen molar-refractivity contribution in [3.63, 3.8) is 0 Å². The SMILES string of the molecule is COc1cc(-c2cccc(-c3cccc(-c4cc5c(c(OC)c4)CN(C[C@@H](O)CC(=O)O)CC5)c3Cl)c2Cl)cc2c1CN(C[C@@H](O)CC(=O)O)CC2. The largest absolute Gasteiger partial charge is 0.496 e. The maximum absolute atomic E-state index is 11.1. The van der Waals surface area contributed by atoms with Crippen molar-refractivity contribution in [1.29, 1.82) is 0 Å². The summed E-state index contributed by atoms with van der Waals surface area (Å²) in [5.41, 5.74) is 9.25. The van der Waals surface area contributed by atoms with E-state index in [2.05, 4.69) is 12.1 Å². The highest BCUT2D eigenvalue weighted by Crippen LogP contribution is 2.45. The average molecular weight is 750 g/mol. The van der Waals surface area contributed by atoms with Crippen LogP contribution in [0, 0.1) is 0 Å². The Hall–Kier alpha value is -4.16. The highest BCUT2D eigenvalue weighted by Gasteiger charge is 2.26. The van der Waals surface area contributed by atoms with E-state index in [4.69, 9.17) is 42.9 Å². The van der Waals surface area contributed by atoms with Crippen molar-refractivity contribution in [1.82, 2.24) is 9.80 Å². The first kappa shape index (κ1) is 37.6. The molecule has 0 radical (unpaired) electrons. The van der Waals surface area contributed by atoms with Crippen molar-refractivity contribution in [2.75, 3.05) is 40.4 Å². The minimum atomic E-state index is -1.03. The monoisotopic (exact) mass is 748 g/mol. The van der Waals surface area contributed by atoms with Gasteiger partial charge in [-0.1, -0.05) is 71.7 Å². The molecule has 52 heavy (non-hydrogen) atoms. The van der Waals surface area contributed by atoms with Crippen molar-refractivity contribution in [2.24, 2.45) is 0 Å². The second-order valence-electron chi connectivity index (χ2n) is 13.4. The minimum Gasteiger partial charge on any atom is -0.496 e. The van der Waals surface area contributed by atoms with Gasteiger partial charge in [-0.15, -0.1) is 0 Å². The maximum Gasteiger partial charge on any atom is 0.306 e. The number of carboxylic acid groups (broad SMARTS) is 2. The van der Waals surface area contributed by atoms with Crippen LogP contribution in [0.2, 0.25) is 10.0 Å². The molecule has 0 spiro atoms. The molecule has 0 aromatic heterocycles. The predicted octanol–water partition coefficient (Wildman–Crippen LogP) is 6.40. The van der Waals surface area contributed by atoms with Gasteiger partial charge >= 0.3 is 11.9 Å². The molecule has 4 N–H and O–H groups in total. The molecule has 0 bridgehead atoms. The van der Waals surface area contributed by atoms with Gasteiger partial charge in [0.2, 0.25) is 0 Å². The number of ether oxygens (including phenoxy) is 2. The molecule has 0 saturated heterocycles. The molecule has 2 atom stereocenters. The smallest absolute Gasteiger partial charge is 0.306 e. The molecular weight excluding hydrogens is 707 g/mol. The molecule has 12 heteroatoms. The van der Waals surface area contributed by atoms with Crippen molar-refractivity contribution < 1.29 is 39.5 Å². The lowest BCUT2D eigenvalue weighted by Crippen LogP contribution is -2.37. The summed E-state index contributed by atoms with van der Waals surface area (Å²) in [5, 5.41) is 39.6. The lowest BCUT2D eigenvalue weighted by molar-refractivity contribution is -0.140. The van der Waals surface area contributed by atoms with E-state index < -0.39 is 24.1 Å². The fourth-order valence-electron chi connectivity index (χ4n) is 7.41. The summed E-state index contributed by atoms with van der Waals surface area (Å²) in [4.78, 5) is 26.2. The third-order valence-electron chi connectivity index (χ3n) is 9.87. The van der Waals surface area contributed by atoms with Gasteiger partial charge in [-0.25, -0.2) is 0 Å². The van der Waals surface area contributed by atoms with Crippen LogP contribution in [0.15, 0.2) is 60.7 Å². The zero-order chi connectivity index (χ0) is 37.1. The molecule has 2 aliphatic rings. The van der Waals surface area contributed by atoms with Crippen LogP contribution < -0.4 is 9.47 Å². The summed E-state index contributed by atoms with van der Waals surface area (Å²) in [6.07, 6.45) is -1.08. The molecule has 0 unspecified atom stereocenters. The van der Waals surface area contributed by atoms with Crippen LogP contribution in [0.4, 0.5) is 0 Å². The predicted molar refractivity (Wildman–Crippen MR) is 200 cm³/mol. The molecule has 2 aliphatic heterocycles. The molecule has 274 valence electrons. The van der Waals surface area contributed by atoms with Crippen LogP contribution in [0.5, 0.6) is 11.5 Å². The summed E-state index contributed by atoms with van der Waals surface area (Å²) in [6.45, 7) is 2.95. The zero-order valence-corrected chi connectivity index (χ0v) is 30.6.